The maximum atomic E-state index is 5.61. The minimum absolute atomic E-state index is 0.648. The lowest BCUT2D eigenvalue weighted by Gasteiger charge is -2.25. The lowest BCUT2D eigenvalue weighted by Crippen LogP contribution is -2.31. The Labute approximate surface area is 109 Å². The van der Waals surface area contributed by atoms with Gasteiger partial charge in [0.15, 0.2) is 0 Å². The molecule has 1 unspecified atom stereocenters. The first-order valence-electron chi connectivity index (χ1n) is 7.06. The zero-order valence-electron chi connectivity index (χ0n) is 11.1. The number of hydrogen-bond donors (Lipinski definition) is 1. The summed E-state index contributed by atoms with van der Waals surface area (Å²) in [7, 11) is 0. The molecular formula is C15H22N2O. The molecule has 1 saturated heterocycles. The highest BCUT2D eigenvalue weighted by Crippen LogP contribution is 2.29. The van der Waals surface area contributed by atoms with Crippen molar-refractivity contribution in [3.63, 3.8) is 0 Å². The molecule has 0 amide bonds. The van der Waals surface area contributed by atoms with Crippen LogP contribution in [-0.2, 0) is 6.42 Å². The number of nitrogens with zero attached hydrogens (tertiary/aromatic N) is 1. The van der Waals surface area contributed by atoms with Crippen molar-refractivity contribution in [1.82, 2.24) is 4.90 Å². The largest absolute Gasteiger partial charge is 0.490 e. The molecule has 18 heavy (non-hydrogen) atoms. The first-order valence-corrected chi connectivity index (χ1v) is 7.06. The highest BCUT2D eigenvalue weighted by Gasteiger charge is 2.19. The zero-order chi connectivity index (χ0) is 12.4. The normalized spacial score (nSPS) is 20.9. The van der Waals surface area contributed by atoms with Crippen molar-refractivity contribution in [2.45, 2.75) is 32.2 Å². The average molecular weight is 246 g/mol. The Bertz CT molecular complexity index is 413. The maximum absolute atomic E-state index is 5.61. The van der Waals surface area contributed by atoms with Crippen molar-refractivity contribution in [2.75, 3.05) is 31.6 Å². The predicted molar refractivity (Wildman–Crippen MR) is 74.4 cm³/mol. The fourth-order valence-electron chi connectivity index (χ4n) is 2.97. The summed E-state index contributed by atoms with van der Waals surface area (Å²) in [5.41, 5.74) is 2.57. The van der Waals surface area contributed by atoms with Crippen LogP contribution in [0.3, 0.4) is 0 Å². The van der Waals surface area contributed by atoms with Crippen LogP contribution in [0.2, 0.25) is 0 Å². The third-order valence-electron chi connectivity index (χ3n) is 4.01. The van der Waals surface area contributed by atoms with E-state index < -0.39 is 0 Å². The fraction of sp³-hybridized carbons (Fsp3) is 0.600. The van der Waals surface area contributed by atoms with Crippen LogP contribution in [0.5, 0.6) is 5.75 Å². The van der Waals surface area contributed by atoms with Crippen LogP contribution < -0.4 is 10.1 Å². The van der Waals surface area contributed by atoms with E-state index >= 15 is 0 Å². The Hall–Kier alpha value is -1.22. The fourth-order valence-corrected chi connectivity index (χ4v) is 2.97. The Morgan fingerprint density at radius 2 is 2.17 bits per heavy atom. The van der Waals surface area contributed by atoms with E-state index in [-0.39, 0.29) is 0 Å². The van der Waals surface area contributed by atoms with E-state index in [1.165, 1.54) is 31.5 Å². The number of nitrogens with one attached hydrogen (secondary N) is 1. The SMILES string of the molecule is CC(Cc1ccc2c(c1)NCCO2)N1CCCC1. The van der Waals surface area contributed by atoms with Gasteiger partial charge in [-0.25, -0.2) is 0 Å². The van der Waals surface area contributed by atoms with Gasteiger partial charge in [-0.05, 0) is 57.0 Å². The number of likely N-dealkylation sites (tertiary alicyclic amines) is 1. The van der Waals surface area contributed by atoms with Gasteiger partial charge < -0.3 is 15.0 Å². The molecular weight excluding hydrogens is 224 g/mol. The van der Waals surface area contributed by atoms with Crippen molar-refractivity contribution in [2.24, 2.45) is 0 Å². The molecule has 1 N–H and O–H groups in total. The minimum Gasteiger partial charge on any atom is -0.490 e. The van der Waals surface area contributed by atoms with E-state index in [1.807, 2.05) is 0 Å². The van der Waals surface area contributed by atoms with Crippen molar-refractivity contribution in [3.05, 3.63) is 23.8 Å². The second kappa shape index (κ2) is 5.19. The van der Waals surface area contributed by atoms with Gasteiger partial charge in [-0.15, -0.1) is 0 Å². The molecule has 2 aliphatic rings. The van der Waals surface area contributed by atoms with E-state index in [9.17, 15) is 0 Å². The summed E-state index contributed by atoms with van der Waals surface area (Å²) in [5.74, 6) is 0.999. The summed E-state index contributed by atoms with van der Waals surface area (Å²) < 4.78 is 5.61. The second-order valence-corrected chi connectivity index (χ2v) is 5.40. The van der Waals surface area contributed by atoms with Gasteiger partial charge in [0.1, 0.15) is 12.4 Å². The van der Waals surface area contributed by atoms with Crippen molar-refractivity contribution in [1.29, 1.82) is 0 Å². The maximum Gasteiger partial charge on any atom is 0.142 e. The Kier molecular flexibility index (Phi) is 3.41. The topological polar surface area (TPSA) is 24.5 Å². The van der Waals surface area contributed by atoms with E-state index in [0.29, 0.717) is 6.04 Å². The monoisotopic (exact) mass is 246 g/mol. The van der Waals surface area contributed by atoms with Crippen molar-refractivity contribution in [3.8, 4) is 5.75 Å². The molecule has 2 heterocycles. The number of hydrogen-bond acceptors (Lipinski definition) is 3. The van der Waals surface area contributed by atoms with Crippen LogP contribution in [0.4, 0.5) is 5.69 Å². The van der Waals surface area contributed by atoms with Crippen LogP contribution in [-0.4, -0.2) is 37.2 Å². The van der Waals surface area contributed by atoms with Crippen molar-refractivity contribution >= 4 is 5.69 Å². The van der Waals surface area contributed by atoms with E-state index in [0.717, 1.165) is 31.0 Å². The molecule has 0 saturated carbocycles. The molecule has 1 fully saturated rings. The summed E-state index contributed by atoms with van der Waals surface area (Å²) in [4.78, 5) is 2.60. The zero-order valence-corrected chi connectivity index (χ0v) is 11.1. The van der Waals surface area contributed by atoms with E-state index in [2.05, 4.69) is 35.3 Å². The standard InChI is InChI=1S/C15H22N2O/c1-12(17-7-2-3-8-17)10-13-4-5-15-14(11-13)16-6-9-18-15/h4-5,11-12,16H,2-3,6-10H2,1H3. The molecule has 0 spiro atoms. The third kappa shape index (κ3) is 2.46. The van der Waals surface area contributed by atoms with Gasteiger partial charge in [0.2, 0.25) is 0 Å². The van der Waals surface area contributed by atoms with Crippen LogP contribution in [0.1, 0.15) is 25.3 Å². The predicted octanol–water partition coefficient (Wildman–Crippen LogP) is 2.52. The highest BCUT2D eigenvalue weighted by atomic mass is 16.5. The van der Waals surface area contributed by atoms with Gasteiger partial charge in [0, 0.05) is 12.6 Å². The second-order valence-electron chi connectivity index (χ2n) is 5.40. The van der Waals surface area contributed by atoms with E-state index in [4.69, 9.17) is 4.74 Å². The molecule has 3 nitrogen and oxygen atoms in total. The number of benzene rings is 1. The minimum atomic E-state index is 0.648. The molecule has 0 radical (unpaired) electrons. The number of ether oxygens (including phenoxy) is 1. The van der Waals surface area contributed by atoms with Gasteiger partial charge in [-0.2, -0.15) is 0 Å². The summed E-state index contributed by atoms with van der Waals surface area (Å²) >= 11 is 0. The van der Waals surface area contributed by atoms with Gasteiger partial charge in [0.25, 0.3) is 0 Å². The third-order valence-corrected chi connectivity index (χ3v) is 4.01. The Balaban J connectivity index is 1.68. The van der Waals surface area contributed by atoms with Gasteiger partial charge in [-0.3, -0.25) is 0 Å². The van der Waals surface area contributed by atoms with Crippen LogP contribution in [0.25, 0.3) is 0 Å². The van der Waals surface area contributed by atoms with Gasteiger partial charge in [-0.1, -0.05) is 6.07 Å². The summed E-state index contributed by atoms with van der Waals surface area (Å²) in [6.07, 6.45) is 3.86. The molecule has 3 heteroatoms. The number of anilines is 1. The summed E-state index contributed by atoms with van der Waals surface area (Å²) in [6, 6.07) is 7.21. The van der Waals surface area contributed by atoms with Crippen LogP contribution >= 0.6 is 0 Å². The average Bonchev–Trinajstić information content (AvgIpc) is 2.92. The van der Waals surface area contributed by atoms with Crippen LogP contribution in [0.15, 0.2) is 18.2 Å². The lowest BCUT2D eigenvalue weighted by molar-refractivity contribution is 0.257. The van der Waals surface area contributed by atoms with E-state index in [1.54, 1.807) is 0 Å². The molecule has 2 aliphatic heterocycles. The smallest absolute Gasteiger partial charge is 0.142 e. The number of fused-ring (bicyclic) bond motifs is 1. The highest BCUT2D eigenvalue weighted by molar-refractivity contribution is 5.59. The lowest BCUT2D eigenvalue weighted by atomic mass is 10.0. The molecule has 3 rings (SSSR count). The first kappa shape index (κ1) is 11.8. The Morgan fingerprint density at radius 1 is 1.33 bits per heavy atom. The van der Waals surface area contributed by atoms with Crippen LogP contribution in [0, 0.1) is 0 Å². The molecule has 1 aromatic rings. The Morgan fingerprint density at radius 3 is 3.00 bits per heavy atom. The molecule has 0 bridgehead atoms. The number of rotatable bonds is 3. The first-order chi connectivity index (χ1) is 8.83. The molecule has 0 aromatic heterocycles. The molecule has 0 aliphatic carbocycles. The quantitative estimate of drug-likeness (QED) is 0.887. The molecule has 1 aromatic carbocycles. The molecule has 98 valence electrons. The van der Waals surface area contributed by atoms with Gasteiger partial charge >= 0.3 is 0 Å². The molecule has 1 atom stereocenters. The summed E-state index contributed by atoms with van der Waals surface area (Å²) in [5, 5.41) is 3.41. The summed E-state index contributed by atoms with van der Waals surface area (Å²) in [6.45, 7) is 6.57. The van der Waals surface area contributed by atoms with Crippen molar-refractivity contribution < 1.29 is 4.74 Å². The van der Waals surface area contributed by atoms with Gasteiger partial charge in [0.05, 0.1) is 5.69 Å².